The summed E-state index contributed by atoms with van der Waals surface area (Å²) >= 11 is 0. The quantitative estimate of drug-likeness (QED) is 0.869. The van der Waals surface area contributed by atoms with Crippen LogP contribution in [0.15, 0.2) is 18.3 Å². The minimum atomic E-state index is 0.534. The molecule has 1 aromatic heterocycles. The molecule has 0 atom stereocenters. The Morgan fingerprint density at radius 1 is 1.39 bits per heavy atom. The molecule has 2 heterocycles. The van der Waals surface area contributed by atoms with Crippen LogP contribution in [0.2, 0.25) is 0 Å². The molecule has 2 rings (SSSR count). The maximum Gasteiger partial charge on any atom is 0.0542 e. The Balaban J connectivity index is 1.83. The molecule has 1 aliphatic rings. The van der Waals surface area contributed by atoms with Crippen molar-refractivity contribution in [1.82, 2.24) is 9.88 Å². The van der Waals surface area contributed by atoms with Crippen LogP contribution in [-0.2, 0) is 13.1 Å². The summed E-state index contributed by atoms with van der Waals surface area (Å²) in [7, 11) is 0. The molecule has 0 unspecified atom stereocenters. The number of nitrogens with two attached hydrogens (primary N) is 1. The molecule has 0 spiro atoms. The van der Waals surface area contributed by atoms with Crippen LogP contribution >= 0.6 is 0 Å². The molecule has 2 N–H and O–H groups in total. The van der Waals surface area contributed by atoms with Crippen LogP contribution < -0.4 is 5.73 Å². The van der Waals surface area contributed by atoms with Crippen molar-refractivity contribution in [2.24, 2.45) is 11.7 Å². The molecular formula is C15H25N3. The maximum atomic E-state index is 5.63. The second kappa shape index (κ2) is 6.86. The average molecular weight is 247 g/mol. The Bertz CT molecular complexity index is 357. The van der Waals surface area contributed by atoms with E-state index < -0.39 is 0 Å². The Hall–Kier alpha value is -0.930. The number of likely N-dealkylation sites (tertiary alicyclic amines) is 1. The van der Waals surface area contributed by atoms with Crippen molar-refractivity contribution in [3.8, 4) is 0 Å². The van der Waals surface area contributed by atoms with E-state index in [4.69, 9.17) is 5.73 Å². The molecule has 0 aromatic carbocycles. The van der Waals surface area contributed by atoms with Crippen molar-refractivity contribution in [2.75, 3.05) is 13.1 Å². The third-order valence-electron chi connectivity index (χ3n) is 3.90. The maximum absolute atomic E-state index is 5.63. The summed E-state index contributed by atoms with van der Waals surface area (Å²) in [5, 5.41) is 0. The van der Waals surface area contributed by atoms with Gasteiger partial charge in [0.15, 0.2) is 0 Å². The lowest BCUT2D eigenvalue weighted by atomic mass is 9.92. The predicted octanol–water partition coefficient (Wildman–Crippen LogP) is 2.55. The highest BCUT2D eigenvalue weighted by Gasteiger charge is 2.18. The third-order valence-corrected chi connectivity index (χ3v) is 3.90. The smallest absolute Gasteiger partial charge is 0.0542 e. The van der Waals surface area contributed by atoms with Crippen LogP contribution in [-0.4, -0.2) is 23.0 Å². The van der Waals surface area contributed by atoms with Crippen LogP contribution in [0, 0.1) is 5.92 Å². The van der Waals surface area contributed by atoms with Crippen LogP contribution in [0.1, 0.15) is 43.9 Å². The fourth-order valence-electron chi connectivity index (χ4n) is 2.84. The molecule has 18 heavy (non-hydrogen) atoms. The zero-order valence-electron chi connectivity index (χ0n) is 11.4. The Kier molecular flexibility index (Phi) is 5.14. The van der Waals surface area contributed by atoms with Crippen molar-refractivity contribution >= 4 is 0 Å². The van der Waals surface area contributed by atoms with E-state index in [1.165, 1.54) is 44.3 Å². The predicted molar refractivity (Wildman–Crippen MR) is 75.0 cm³/mol. The lowest BCUT2D eigenvalue weighted by molar-refractivity contribution is 0.172. The Morgan fingerprint density at radius 3 is 2.83 bits per heavy atom. The molecule has 3 nitrogen and oxygen atoms in total. The highest BCUT2D eigenvalue weighted by atomic mass is 15.1. The van der Waals surface area contributed by atoms with E-state index in [0.29, 0.717) is 6.54 Å². The topological polar surface area (TPSA) is 42.2 Å². The Morgan fingerprint density at radius 2 is 2.17 bits per heavy atom. The number of piperidine rings is 1. The first-order valence-electron chi connectivity index (χ1n) is 7.18. The zero-order valence-corrected chi connectivity index (χ0v) is 11.4. The van der Waals surface area contributed by atoms with Crippen molar-refractivity contribution in [3.63, 3.8) is 0 Å². The fourth-order valence-corrected chi connectivity index (χ4v) is 2.84. The average Bonchev–Trinajstić information content (AvgIpc) is 2.42. The van der Waals surface area contributed by atoms with Crippen LogP contribution in [0.25, 0.3) is 0 Å². The van der Waals surface area contributed by atoms with E-state index in [-0.39, 0.29) is 0 Å². The number of hydrogen-bond acceptors (Lipinski definition) is 3. The first-order valence-corrected chi connectivity index (χ1v) is 7.18. The van der Waals surface area contributed by atoms with Gasteiger partial charge in [0.05, 0.1) is 5.69 Å². The normalized spacial score (nSPS) is 18.1. The summed E-state index contributed by atoms with van der Waals surface area (Å²) in [4.78, 5) is 6.80. The number of hydrogen-bond donors (Lipinski definition) is 1. The van der Waals surface area contributed by atoms with E-state index in [1.54, 1.807) is 0 Å². The summed E-state index contributed by atoms with van der Waals surface area (Å²) < 4.78 is 0. The van der Waals surface area contributed by atoms with Crippen LogP contribution in [0.4, 0.5) is 0 Å². The van der Waals surface area contributed by atoms with Crippen molar-refractivity contribution in [2.45, 2.75) is 45.7 Å². The Labute approximate surface area is 110 Å². The molecule has 3 heteroatoms. The standard InChI is InChI=1S/C15H25N3/c1-2-3-13-5-8-18(9-6-13)12-14-4-7-17-15(10-14)11-16/h4,7,10,13H,2-3,5-6,8-9,11-12,16H2,1H3. The fraction of sp³-hybridized carbons (Fsp3) is 0.667. The van der Waals surface area contributed by atoms with Gasteiger partial charge in [-0.05, 0) is 49.5 Å². The van der Waals surface area contributed by atoms with E-state index in [0.717, 1.165) is 18.2 Å². The van der Waals surface area contributed by atoms with E-state index >= 15 is 0 Å². The van der Waals surface area contributed by atoms with Gasteiger partial charge in [-0.3, -0.25) is 9.88 Å². The second-order valence-corrected chi connectivity index (χ2v) is 5.37. The van der Waals surface area contributed by atoms with Gasteiger partial charge in [0.25, 0.3) is 0 Å². The van der Waals surface area contributed by atoms with Crippen LogP contribution in [0.3, 0.4) is 0 Å². The molecule has 1 fully saturated rings. The highest BCUT2D eigenvalue weighted by molar-refractivity contribution is 5.16. The molecule has 1 saturated heterocycles. The van der Waals surface area contributed by atoms with Gasteiger partial charge in [-0.25, -0.2) is 0 Å². The van der Waals surface area contributed by atoms with Gasteiger partial charge in [0.2, 0.25) is 0 Å². The lowest BCUT2D eigenvalue weighted by Crippen LogP contribution is -2.33. The first kappa shape index (κ1) is 13.5. The summed E-state index contributed by atoms with van der Waals surface area (Å²) in [6.07, 6.45) is 7.34. The first-order chi connectivity index (χ1) is 8.81. The molecular weight excluding hydrogens is 222 g/mol. The molecule has 0 aliphatic carbocycles. The van der Waals surface area contributed by atoms with Crippen molar-refractivity contribution in [1.29, 1.82) is 0 Å². The summed E-state index contributed by atoms with van der Waals surface area (Å²) in [5.41, 5.74) is 7.97. The zero-order chi connectivity index (χ0) is 12.8. The molecule has 0 saturated carbocycles. The molecule has 0 bridgehead atoms. The van der Waals surface area contributed by atoms with Gasteiger partial charge >= 0.3 is 0 Å². The van der Waals surface area contributed by atoms with Crippen molar-refractivity contribution < 1.29 is 0 Å². The molecule has 100 valence electrons. The largest absolute Gasteiger partial charge is 0.325 e. The van der Waals surface area contributed by atoms with Crippen LogP contribution in [0.5, 0.6) is 0 Å². The van der Waals surface area contributed by atoms with Crippen molar-refractivity contribution in [3.05, 3.63) is 29.6 Å². The van der Waals surface area contributed by atoms with E-state index in [9.17, 15) is 0 Å². The number of nitrogens with zero attached hydrogens (tertiary/aromatic N) is 2. The van der Waals surface area contributed by atoms with Gasteiger partial charge in [0, 0.05) is 19.3 Å². The molecule has 1 aliphatic heterocycles. The minimum absolute atomic E-state index is 0.534. The van der Waals surface area contributed by atoms with E-state index in [1.807, 2.05) is 6.20 Å². The number of pyridine rings is 1. The minimum Gasteiger partial charge on any atom is -0.325 e. The summed E-state index contributed by atoms with van der Waals surface area (Å²) in [6, 6.07) is 4.25. The van der Waals surface area contributed by atoms with Gasteiger partial charge in [-0.1, -0.05) is 19.8 Å². The number of aromatic nitrogens is 1. The monoisotopic (exact) mass is 247 g/mol. The van der Waals surface area contributed by atoms with Gasteiger partial charge in [0.1, 0.15) is 0 Å². The molecule has 1 aromatic rings. The van der Waals surface area contributed by atoms with Gasteiger partial charge < -0.3 is 5.73 Å². The SMILES string of the molecule is CCCC1CCN(Cc2ccnc(CN)c2)CC1. The second-order valence-electron chi connectivity index (χ2n) is 5.37. The number of rotatable bonds is 5. The van der Waals surface area contributed by atoms with E-state index in [2.05, 4.69) is 28.9 Å². The summed E-state index contributed by atoms with van der Waals surface area (Å²) in [6.45, 7) is 6.36. The van der Waals surface area contributed by atoms with Gasteiger partial charge in [-0.2, -0.15) is 0 Å². The lowest BCUT2D eigenvalue weighted by Gasteiger charge is -2.31. The van der Waals surface area contributed by atoms with Gasteiger partial charge in [-0.15, -0.1) is 0 Å². The summed E-state index contributed by atoms with van der Waals surface area (Å²) in [5.74, 6) is 0.961. The third kappa shape index (κ3) is 3.79. The molecule has 0 amide bonds. The highest BCUT2D eigenvalue weighted by Crippen LogP contribution is 2.22. The molecule has 0 radical (unpaired) electrons.